The lowest BCUT2D eigenvalue weighted by atomic mass is 9.80. The summed E-state index contributed by atoms with van der Waals surface area (Å²) in [7, 11) is 3.00. The van der Waals surface area contributed by atoms with Gasteiger partial charge in [-0.15, -0.1) is 0 Å². The minimum Gasteiger partial charge on any atom is -0.495 e. The highest BCUT2D eigenvalue weighted by Gasteiger charge is 2.46. The molecule has 28 heavy (non-hydrogen) atoms. The number of ether oxygens (including phenoxy) is 2. The van der Waals surface area contributed by atoms with E-state index >= 15 is 0 Å². The molecule has 8 nitrogen and oxygen atoms in total. The quantitative estimate of drug-likeness (QED) is 0.789. The number of aliphatic carboxylic acids is 1. The van der Waals surface area contributed by atoms with Crippen molar-refractivity contribution in [3.63, 3.8) is 0 Å². The van der Waals surface area contributed by atoms with E-state index in [1.165, 1.54) is 14.2 Å². The molecular weight excluding hydrogens is 364 g/mol. The number of carboxylic acids is 1. The molecule has 1 aromatic carbocycles. The lowest BCUT2D eigenvalue weighted by Crippen LogP contribution is -2.53. The van der Waals surface area contributed by atoms with E-state index in [0.717, 1.165) is 0 Å². The number of carboxylic acid groups (broad SMARTS) is 1. The van der Waals surface area contributed by atoms with Crippen molar-refractivity contribution in [1.82, 2.24) is 4.90 Å². The molecule has 2 aliphatic heterocycles. The first-order valence-corrected chi connectivity index (χ1v) is 9.36. The van der Waals surface area contributed by atoms with E-state index in [1.54, 1.807) is 21.9 Å². The number of anilines is 1. The molecule has 2 amide bonds. The number of carbonyl (C=O) groups excluding carboxylic acids is 2. The van der Waals surface area contributed by atoms with Gasteiger partial charge < -0.3 is 24.4 Å². The van der Waals surface area contributed by atoms with Gasteiger partial charge in [-0.2, -0.15) is 0 Å². The number of methoxy groups -OCH3 is 2. The van der Waals surface area contributed by atoms with Gasteiger partial charge in [0, 0.05) is 33.2 Å². The maximum absolute atomic E-state index is 13.1. The van der Waals surface area contributed by atoms with Crippen LogP contribution in [0.1, 0.15) is 19.3 Å². The lowest BCUT2D eigenvalue weighted by molar-refractivity contribution is -0.160. The molecular formula is C20H26N2O6. The smallest absolute Gasteiger partial charge is 0.313 e. The summed E-state index contributed by atoms with van der Waals surface area (Å²) in [5.74, 6) is -1.19. The average molecular weight is 390 g/mol. The third-order valence-electron chi connectivity index (χ3n) is 5.61. The van der Waals surface area contributed by atoms with Gasteiger partial charge in [-0.3, -0.25) is 14.4 Å². The number of benzene rings is 1. The third kappa shape index (κ3) is 3.69. The highest BCUT2D eigenvalue weighted by atomic mass is 16.5. The van der Waals surface area contributed by atoms with Crippen LogP contribution in [0.2, 0.25) is 0 Å². The molecule has 2 unspecified atom stereocenters. The summed E-state index contributed by atoms with van der Waals surface area (Å²) in [4.78, 5) is 40.6. The molecule has 0 aliphatic carbocycles. The Morgan fingerprint density at radius 2 is 2.04 bits per heavy atom. The van der Waals surface area contributed by atoms with Crippen LogP contribution in [0.3, 0.4) is 0 Å². The van der Waals surface area contributed by atoms with Gasteiger partial charge >= 0.3 is 5.97 Å². The van der Waals surface area contributed by atoms with Crippen LogP contribution in [-0.2, 0) is 19.1 Å². The Kier molecular flexibility index (Phi) is 5.88. The molecule has 0 bridgehead atoms. The van der Waals surface area contributed by atoms with Gasteiger partial charge in [0.1, 0.15) is 11.2 Å². The highest BCUT2D eigenvalue weighted by Crippen LogP contribution is 2.35. The maximum atomic E-state index is 13.1. The second kappa shape index (κ2) is 8.18. The van der Waals surface area contributed by atoms with Gasteiger partial charge in [-0.25, -0.2) is 0 Å². The summed E-state index contributed by atoms with van der Waals surface area (Å²) in [6.07, 6.45) is 1.17. The van der Waals surface area contributed by atoms with Crippen molar-refractivity contribution in [1.29, 1.82) is 0 Å². The fourth-order valence-electron chi connectivity index (χ4n) is 4.17. The molecule has 2 heterocycles. The van der Waals surface area contributed by atoms with Crippen molar-refractivity contribution in [3.8, 4) is 5.75 Å². The van der Waals surface area contributed by atoms with Gasteiger partial charge in [0.15, 0.2) is 0 Å². The first-order valence-electron chi connectivity index (χ1n) is 9.36. The minimum absolute atomic E-state index is 0.0586. The second-order valence-electron chi connectivity index (χ2n) is 7.46. The van der Waals surface area contributed by atoms with E-state index in [2.05, 4.69) is 0 Å². The Labute approximate surface area is 164 Å². The van der Waals surface area contributed by atoms with Crippen LogP contribution in [0.4, 0.5) is 5.69 Å². The summed E-state index contributed by atoms with van der Waals surface area (Å²) >= 11 is 0. The zero-order chi connectivity index (χ0) is 20.3. The molecule has 2 fully saturated rings. The molecule has 8 heteroatoms. The van der Waals surface area contributed by atoms with Crippen LogP contribution >= 0.6 is 0 Å². The zero-order valence-corrected chi connectivity index (χ0v) is 16.2. The fourth-order valence-corrected chi connectivity index (χ4v) is 4.17. The predicted octanol–water partition coefficient (Wildman–Crippen LogP) is 1.39. The Morgan fingerprint density at radius 3 is 2.71 bits per heavy atom. The first kappa shape index (κ1) is 20.1. The molecule has 1 aromatic rings. The normalized spacial score (nSPS) is 25.1. The Bertz CT molecular complexity index is 763. The number of carbonyl (C=O) groups is 3. The molecule has 1 N–H and O–H groups in total. The number of nitrogens with zero attached hydrogens (tertiary/aromatic N) is 2. The molecule has 2 aliphatic rings. The molecule has 0 aromatic heterocycles. The number of amides is 2. The molecule has 2 atom stereocenters. The Balaban J connectivity index is 1.75. The van der Waals surface area contributed by atoms with E-state index in [9.17, 15) is 19.5 Å². The number of piperidine rings is 1. The van der Waals surface area contributed by atoms with E-state index < -0.39 is 17.3 Å². The van der Waals surface area contributed by atoms with Crippen molar-refractivity contribution >= 4 is 23.5 Å². The summed E-state index contributed by atoms with van der Waals surface area (Å²) in [6.45, 7) is 0.924. The largest absolute Gasteiger partial charge is 0.495 e. The Morgan fingerprint density at radius 1 is 1.29 bits per heavy atom. The van der Waals surface area contributed by atoms with Crippen LogP contribution in [0, 0.1) is 11.3 Å². The topological polar surface area (TPSA) is 96.4 Å². The molecule has 0 spiro atoms. The highest BCUT2D eigenvalue weighted by molar-refractivity contribution is 6.01. The van der Waals surface area contributed by atoms with Crippen LogP contribution in [0.25, 0.3) is 0 Å². The van der Waals surface area contributed by atoms with Gasteiger partial charge in [-0.05, 0) is 25.0 Å². The van der Waals surface area contributed by atoms with Crippen LogP contribution < -0.4 is 9.64 Å². The molecule has 3 rings (SSSR count). The third-order valence-corrected chi connectivity index (χ3v) is 5.61. The van der Waals surface area contributed by atoms with Crippen molar-refractivity contribution in [2.24, 2.45) is 11.3 Å². The van der Waals surface area contributed by atoms with Crippen LogP contribution in [0.5, 0.6) is 5.75 Å². The lowest BCUT2D eigenvalue weighted by Gasteiger charge is -2.40. The standard InChI is InChI=1S/C20H26N2O6/c1-27-13-20(19(25)26)8-5-9-21(12-20)18(24)14-10-17(23)22(11-14)15-6-3-4-7-16(15)28-2/h3-4,6-7,14H,5,8-13H2,1-2H3,(H,25,26). The van der Waals surface area contributed by atoms with Gasteiger partial charge in [0.25, 0.3) is 0 Å². The van der Waals surface area contributed by atoms with Crippen LogP contribution in [-0.4, -0.2) is 68.3 Å². The number of likely N-dealkylation sites (tertiary alicyclic amines) is 1. The van der Waals surface area contributed by atoms with E-state index in [0.29, 0.717) is 30.8 Å². The number of para-hydroxylation sites is 2. The van der Waals surface area contributed by atoms with E-state index in [4.69, 9.17) is 9.47 Å². The predicted molar refractivity (Wildman–Crippen MR) is 101 cm³/mol. The number of hydrogen-bond donors (Lipinski definition) is 1. The van der Waals surface area contributed by atoms with E-state index in [1.807, 2.05) is 12.1 Å². The number of hydrogen-bond acceptors (Lipinski definition) is 5. The minimum atomic E-state index is -1.09. The summed E-state index contributed by atoms with van der Waals surface area (Å²) in [5, 5.41) is 9.68. The zero-order valence-electron chi connectivity index (χ0n) is 16.2. The molecule has 0 saturated carbocycles. The summed E-state index contributed by atoms with van der Waals surface area (Å²) in [6, 6.07) is 7.20. The molecule has 0 radical (unpaired) electrons. The second-order valence-corrected chi connectivity index (χ2v) is 7.46. The Hall–Kier alpha value is -2.61. The van der Waals surface area contributed by atoms with Crippen LogP contribution in [0.15, 0.2) is 24.3 Å². The van der Waals surface area contributed by atoms with Gasteiger partial charge in [0.05, 0.1) is 25.3 Å². The fraction of sp³-hybridized carbons (Fsp3) is 0.550. The molecule has 2 saturated heterocycles. The van der Waals surface area contributed by atoms with Crippen molar-refractivity contribution in [2.75, 3.05) is 45.4 Å². The van der Waals surface area contributed by atoms with Crippen molar-refractivity contribution in [3.05, 3.63) is 24.3 Å². The summed E-state index contributed by atoms with van der Waals surface area (Å²) in [5.41, 5.74) is -0.448. The molecule has 152 valence electrons. The maximum Gasteiger partial charge on any atom is 0.313 e. The van der Waals surface area contributed by atoms with Crippen molar-refractivity contribution in [2.45, 2.75) is 19.3 Å². The van der Waals surface area contributed by atoms with Gasteiger partial charge in [-0.1, -0.05) is 12.1 Å². The van der Waals surface area contributed by atoms with E-state index in [-0.39, 0.29) is 37.9 Å². The average Bonchev–Trinajstić information content (AvgIpc) is 3.09. The number of rotatable bonds is 6. The van der Waals surface area contributed by atoms with Gasteiger partial charge in [0.2, 0.25) is 11.8 Å². The monoisotopic (exact) mass is 390 g/mol. The SMILES string of the molecule is COCC1(C(=O)O)CCCN(C(=O)C2CC(=O)N(c3ccccc3OC)C2)C1. The first-order chi connectivity index (χ1) is 13.4. The van der Waals surface area contributed by atoms with Crippen molar-refractivity contribution < 1.29 is 29.0 Å². The summed E-state index contributed by atoms with van der Waals surface area (Å²) < 4.78 is 10.5.